The highest BCUT2D eigenvalue weighted by molar-refractivity contribution is 6.31. The third-order valence-electron chi connectivity index (χ3n) is 9.55. The first-order valence-corrected chi connectivity index (χ1v) is 14.4. The van der Waals surface area contributed by atoms with Crippen LogP contribution in [0.2, 0.25) is 10.2 Å². The van der Waals surface area contributed by atoms with Gasteiger partial charge in [-0.15, -0.1) is 0 Å². The van der Waals surface area contributed by atoms with Gasteiger partial charge in [0, 0.05) is 70.8 Å². The molecule has 8 nitrogen and oxygen atoms in total. The number of fused-ring (bicyclic) bond motifs is 7. The summed E-state index contributed by atoms with van der Waals surface area (Å²) in [5.74, 6) is -2.50. The van der Waals surface area contributed by atoms with Crippen LogP contribution in [-0.2, 0) is 16.8 Å². The largest absolute Gasteiger partial charge is 0.478 e. The molecule has 2 aliphatic carbocycles. The summed E-state index contributed by atoms with van der Waals surface area (Å²) in [6.45, 7) is 2.43. The quantitative estimate of drug-likeness (QED) is 0.302. The molecule has 4 aliphatic rings. The van der Waals surface area contributed by atoms with Crippen molar-refractivity contribution >= 4 is 46.4 Å². The Bertz CT molecular complexity index is 1840. The second-order valence-corrected chi connectivity index (χ2v) is 12.4. The second kappa shape index (κ2) is 8.50. The fourth-order valence-electron chi connectivity index (χ4n) is 7.73. The number of nitrogens with zero attached hydrogens (tertiary/aromatic N) is 4. The molecule has 208 valence electrons. The number of hydrogen-bond donors (Lipinski definition) is 2. The van der Waals surface area contributed by atoms with Gasteiger partial charge >= 0.3 is 5.97 Å². The van der Waals surface area contributed by atoms with Crippen molar-refractivity contribution < 1.29 is 19.1 Å². The summed E-state index contributed by atoms with van der Waals surface area (Å²) >= 11 is 12.6. The molecule has 11 heteroatoms. The van der Waals surface area contributed by atoms with Crippen LogP contribution in [0.1, 0.15) is 63.1 Å². The summed E-state index contributed by atoms with van der Waals surface area (Å²) in [5.41, 5.74) is 3.46. The lowest BCUT2D eigenvalue weighted by molar-refractivity contribution is -0.128. The molecule has 0 bridgehead atoms. The number of hydrogen-bond acceptors (Lipinski definition) is 5. The number of carboxylic acids is 1. The van der Waals surface area contributed by atoms with E-state index in [1.54, 1.807) is 37.4 Å². The third kappa shape index (κ3) is 3.25. The lowest BCUT2D eigenvalue weighted by Crippen LogP contribution is -2.53. The van der Waals surface area contributed by atoms with Crippen LogP contribution in [0, 0.1) is 18.7 Å². The van der Waals surface area contributed by atoms with E-state index in [0.717, 1.165) is 29.8 Å². The van der Waals surface area contributed by atoms with E-state index in [4.69, 9.17) is 28.2 Å². The minimum absolute atomic E-state index is 0.145. The molecule has 2 fully saturated rings. The lowest BCUT2D eigenvalue weighted by Gasteiger charge is -2.40. The number of amides is 1. The van der Waals surface area contributed by atoms with Crippen molar-refractivity contribution in [2.24, 2.45) is 5.92 Å². The normalized spacial score (nSPS) is 26.4. The van der Waals surface area contributed by atoms with E-state index in [1.165, 1.54) is 6.20 Å². The Labute approximate surface area is 244 Å². The van der Waals surface area contributed by atoms with E-state index in [1.807, 2.05) is 10.5 Å². The van der Waals surface area contributed by atoms with Crippen molar-refractivity contribution in [2.75, 3.05) is 11.9 Å². The molecule has 3 aromatic heterocycles. The fourth-order valence-corrected chi connectivity index (χ4v) is 8.07. The molecule has 8 rings (SSSR count). The number of likely N-dealkylation sites (tertiary alicyclic amines) is 1. The van der Waals surface area contributed by atoms with E-state index in [0.29, 0.717) is 46.4 Å². The Morgan fingerprint density at radius 2 is 2.05 bits per heavy atom. The molecule has 0 unspecified atom stereocenters. The third-order valence-corrected chi connectivity index (χ3v) is 10.0. The molecule has 1 amide bonds. The number of carboxylic acid groups (broad SMARTS) is 1. The molecule has 41 heavy (non-hydrogen) atoms. The van der Waals surface area contributed by atoms with Gasteiger partial charge in [-0.1, -0.05) is 29.3 Å². The summed E-state index contributed by atoms with van der Waals surface area (Å²) in [6, 6.07) is 8.45. The molecule has 4 aromatic rings. The minimum Gasteiger partial charge on any atom is -0.478 e. The van der Waals surface area contributed by atoms with Gasteiger partial charge in [0.25, 0.3) is 0 Å². The van der Waals surface area contributed by atoms with Gasteiger partial charge in [0.1, 0.15) is 11.2 Å². The molecular formula is C30H24Cl2FN5O3. The Morgan fingerprint density at radius 1 is 1.24 bits per heavy atom. The first-order chi connectivity index (χ1) is 19.7. The summed E-state index contributed by atoms with van der Waals surface area (Å²) < 4.78 is 18.0. The topological polar surface area (TPSA) is 99.8 Å². The van der Waals surface area contributed by atoms with Gasteiger partial charge in [-0.2, -0.15) is 0 Å². The Kier molecular flexibility index (Phi) is 5.22. The first kappa shape index (κ1) is 25.2. The van der Waals surface area contributed by atoms with Crippen LogP contribution in [0.25, 0.3) is 5.65 Å². The van der Waals surface area contributed by atoms with Crippen molar-refractivity contribution in [2.45, 2.75) is 49.6 Å². The molecule has 2 N–H and O–H groups in total. The van der Waals surface area contributed by atoms with Crippen molar-refractivity contribution in [3.8, 4) is 0 Å². The van der Waals surface area contributed by atoms with Gasteiger partial charge in [-0.25, -0.2) is 19.2 Å². The van der Waals surface area contributed by atoms with Gasteiger partial charge in [-0.05, 0) is 55.5 Å². The number of benzene rings is 1. The van der Waals surface area contributed by atoms with Crippen molar-refractivity contribution in [1.82, 2.24) is 19.3 Å². The van der Waals surface area contributed by atoms with E-state index in [-0.39, 0.29) is 28.6 Å². The SMILES string of the molecule is Cc1c(C(=O)O)ccn2c3c(nc12)[C@@H]1[C@H](C3)N(CC2CC2)[C@@]2(C(=O)Nc3cc(Cl)ccc32)[C@H]1c1ccnc(Cl)c1F. The molecule has 1 saturated carbocycles. The van der Waals surface area contributed by atoms with Crippen LogP contribution >= 0.6 is 23.2 Å². The Balaban J connectivity index is 1.43. The monoisotopic (exact) mass is 591 g/mol. The van der Waals surface area contributed by atoms with Crippen molar-refractivity contribution in [3.05, 3.63) is 92.4 Å². The molecule has 0 radical (unpaired) electrons. The van der Waals surface area contributed by atoms with Crippen LogP contribution < -0.4 is 5.32 Å². The van der Waals surface area contributed by atoms with E-state index in [9.17, 15) is 14.7 Å². The van der Waals surface area contributed by atoms with Crippen molar-refractivity contribution in [1.29, 1.82) is 0 Å². The maximum atomic E-state index is 16.0. The maximum absolute atomic E-state index is 16.0. The van der Waals surface area contributed by atoms with Crippen LogP contribution in [-0.4, -0.2) is 48.8 Å². The van der Waals surface area contributed by atoms with Gasteiger partial charge in [0.05, 0.1) is 11.3 Å². The maximum Gasteiger partial charge on any atom is 0.336 e. The van der Waals surface area contributed by atoms with E-state index in [2.05, 4.69) is 15.2 Å². The Hall–Kier alpha value is -3.53. The predicted octanol–water partition coefficient (Wildman–Crippen LogP) is 5.55. The molecule has 4 atom stereocenters. The number of nitrogens with one attached hydrogen (secondary N) is 1. The average Bonchev–Trinajstić information content (AvgIpc) is 3.36. The predicted molar refractivity (Wildman–Crippen MR) is 150 cm³/mol. The number of aryl methyl sites for hydroxylation is 1. The zero-order valence-electron chi connectivity index (χ0n) is 21.9. The highest BCUT2D eigenvalue weighted by Crippen LogP contribution is 2.65. The highest BCUT2D eigenvalue weighted by atomic mass is 35.5. The average molecular weight is 592 g/mol. The summed E-state index contributed by atoms with van der Waals surface area (Å²) in [5, 5.41) is 13.0. The molecular weight excluding hydrogens is 568 g/mol. The number of carbonyl (C=O) groups is 2. The van der Waals surface area contributed by atoms with Crippen LogP contribution in [0.4, 0.5) is 10.1 Å². The number of halogens is 3. The van der Waals surface area contributed by atoms with Gasteiger partial charge < -0.3 is 14.8 Å². The summed E-state index contributed by atoms with van der Waals surface area (Å²) in [4.78, 5) is 37.5. The number of anilines is 1. The van der Waals surface area contributed by atoms with Gasteiger partial charge in [0.2, 0.25) is 5.91 Å². The Morgan fingerprint density at radius 3 is 2.80 bits per heavy atom. The molecule has 2 aliphatic heterocycles. The van der Waals surface area contributed by atoms with Crippen LogP contribution in [0.5, 0.6) is 0 Å². The van der Waals surface area contributed by atoms with E-state index >= 15 is 4.39 Å². The zero-order valence-corrected chi connectivity index (χ0v) is 23.4. The molecule has 1 aromatic carbocycles. The zero-order chi connectivity index (χ0) is 28.4. The number of aromatic carboxylic acids is 1. The van der Waals surface area contributed by atoms with Gasteiger partial charge in [-0.3, -0.25) is 9.69 Å². The van der Waals surface area contributed by atoms with Gasteiger partial charge in [0.15, 0.2) is 11.0 Å². The molecule has 1 spiro atoms. The smallest absolute Gasteiger partial charge is 0.336 e. The lowest BCUT2D eigenvalue weighted by atomic mass is 9.71. The standard InChI is InChI=1S/C30H24Cl2FN5O3/c1-13-16(28(39)40)7-9-37-21-11-20-22(25(21)36-27(13)37)23(17-6-8-34-26(32)24(17)33)30(38(20)12-14-2-3-14)18-5-4-15(31)10-19(18)35-29(30)41/h4-10,14,20,22-23H,2-3,11-12H2,1H3,(H,35,41)(H,39,40)/t20-,22+,23-,30+/m0/s1. The number of pyridine rings is 2. The summed E-state index contributed by atoms with van der Waals surface area (Å²) in [7, 11) is 0. The van der Waals surface area contributed by atoms with Crippen LogP contribution in [0.15, 0.2) is 42.7 Å². The van der Waals surface area contributed by atoms with Crippen molar-refractivity contribution in [3.63, 3.8) is 0 Å². The number of carbonyl (C=O) groups excluding carboxylic acids is 1. The number of aromatic nitrogens is 3. The molecule has 5 heterocycles. The highest BCUT2D eigenvalue weighted by Gasteiger charge is 2.69. The fraction of sp³-hybridized carbons (Fsp3) is 0.333. The minimum atomic E-state index is -1.22. The number of rotatable bonds is 4. The second-order valence-electron chi connectivity index (χ2n) is 11.6. The molecule has 1 saturated heterocycles. The summed E-state index contributed by atoms with van der Waals surface area (Å²) in [6.07, 6.45) is 5.95. The number of imidazole rings is 1. The first-order valence-electron chi connectivity index (χ1n) is 13.6. The van der Waals surface area contributed by atoms with E-state index < -0.39 is 23.2 Å². The van der Waals surface area contributed by atoms with Crippen LogP contribution in [0.3, 0.4) is 0 Å².